The number of anilines is 1. The third kappa shape index (κ3) is 4.13. The number of benzene rings is 2. The molecule has 1 heterocycles. The summed E-state index contributed by atoms with van der Waals surface area (Å²) in [5, 5.41) is 2.81. The summed E-state index contributed by atoms with van der Waals surface area (Å²) in [6, 6.07) is 11.7. The zero-order valence-electron chi connectivity index (χ0n) is 15.3. The molecule has 8 heteroatoms. The summed E-state index contributed by atoms with van der Waals surface area (Å²) >= 11 is 0. The third-order valence-electron chi connectivity index (χ3n) is 4.42. The maximum atomic E-state index is 12.9. The van der Waals surface area contributed by atoms with E-state index < -0.39 is 15.9 Å². The van der Waals surface area contributed by atoms with Gasteiger partial charge in [-0.1, -0.05) is 18.2 Å². The lowest BCUT2D eigenvalue weighted by atomic mass is 10.1. The molecular formula is C19H22N2O5S. The van der Waals surface area contributed by atoms with E-state index in [1.165, 1.54) is 29.6 Å². The van der Waals surface area contributed by atoms with Crippen LogP contribution >= 0.6 is 0 Å². The number of methoxy groups -OCH3 is 1. The van der Waals surface area contributed by atoms with E-state index in [4.69, 9.17) is 9.47 Å². The Hall–Kier alpha value is -2.42. The molecule has 1 fully saturated rings. The monoisotopic (exact) mass is 390 g/mol. The first kappa shape index (κ1) is 19.3. The number of nitrogens with zero attached hydrogens (tertiary/aromatic N) is 1. The molecule has 27 heavy (non-hydrogen) atoms. The highest BCUT2D eigenvalue weighted by molar-refractivity contribution is 7.89. The van der Waals surface area contributed by atoms with Gasteiger partial charge in [0.05, 0.1) is 30.8 Å². The smallest absolute Gasteiger partial charge is 0.259 e. The summed E-state index contributed by atoms with van der Waals surface area (Å²) in [5.74, 6) is -0.123. The zero-order chi connectivity index (χ0) is 19.4. The largest absolute Gasteiger partial charge is 0.496 e. The van der Waals surface area contributed by atoms with Gasteiger partial charge in [-0.25, -0.2) is 8.42 Å². The molecule has 0 unspecified atom stereocenters. The van der Waals surface area contributed by atoms with E-state index >= 15 is 0 Å². The summed E-state index contributed by atoms with van der Waals surface area (Å²) < 4.78 is 37.6. The average molecular weight is 390 g/mol. The van der Waals surface area contributed by atoms with E-state index in [0.717, 1.165) is 5.56 Å². The summed E-state index contributed by atoms with van der Waals surface area (Å²) in [6.07, 6.45) is 0. The third-order valence-corrected chi connectivity index (χ3v) is 6.31. The fourth-order valence-corrected chi connectivity index (χ4v) is 4.30. The maximum Gasteiger partial charge on any atom is 0.259 e. The van der Waals surface area contributed by atoms with E-state index in [1.54, 1.807) is 6.07 Å². The molecule has 3 rings (SSSR count). The predicted octanol–water partition coefficient (Wildman–Crippen LogP) is 2.28. The number of rotatable bonds is 5. The number of nitrogens with one attached hydrogen (secondary N) is 1. The van der Waals surface area contributed by atoms with E-state index in [1.807, 2.05) is 25.1 Å². The molecule has 0 bridgehead atoms. The molecule has 1 aliphatic heterocycles. The van der Waals surface area contributed by atoms with Crippen molar-refractivity contribution in [2.75, 3.05) is 38.7 Å². The molecule has 0 atom stereocenters. The minimum atomic E-state index is -3.71. The molecule has 1 amide bonds. The van der Waals surface area contributed by atoms with Gasteiger partial charge in [-0.05, 0) is 36.8 Å². The highest BCUT2D eigenvalue weighted by atomic mass is 32.2. The predicted molar refractivity (Wildman–Crippen MR) is 102 cm³/mol. The summed E-state index contributed by atoms with van der Waals surface area (Å²) in [6.45, 7) is 3.18. The van der Waals surface area contributed by atoms with Crippen molar-refractivity contribution in [1.82, 2.24) is 4.31 Å². The number of hydrogen-bond acceptors (Lipinski definition) is 5. The van der Waals surface area contributed by atoms with Gasteiger partial charge in [-0.3, -0.25) is 4.79 Å². The molecular weight excluding hydrogens is 368 g/mol. The molecule has 0 saturated carbocycles. The Labute approximate surface area is 158 Å². The first-order chi connectivity index (χ1) is 12.9. The molecule has 7 nitrogen and oxygen atoms in total. The zero-order valence-corrected chi connectivity index (χ0v) is 16.1. The Bertz CT molecular complexity index is 937. The summed E-state index contributed by atoms with van der Waals surface area (Å²) in [4.78, 5) is 12.8. The van der Waals surface area contributed by atoms with Crippen molar-refractivity contribution in [2.24, 2.45) is 0 Å². The summed E-state index contributed by atoms with van der Waals surface area (Å²) in [5.41, 5.74) is 1.72. The van der Waals surface area contributed by atoms with Crippen LogP contribution in [0.25, 0.3) is 0 Å². The lowest BCUT2D eigenvalue weighted by Gasteiger charge is -2.26. The molecule has 144 valence electrons. The lowest BCUT2D eigenvalue weighted by molar-refractivity contribution is 0.0730. The van der Waals surface area contributed by atoms with Crippen LogP contribution in [0.4, 0.5) is 5.69 Å². The number of aryl methyl sites for hydroxylation is 1. The SMILES string of the molecule is COc1ccc(S(=O)(=O)N2CCOCC2)cc1C(=O)Nc1ccccc1C. The molecule has 2 aromatic rings. The normalized spacial score (nSPS) is 15.3. The Morgan fingerprint density at radius 2 is 1.85 bits per heavy atom. The number of carbonyl (C=O) groups is 1. The molecule has 0 spiro atoms. The van der Waals surface area contributed by atoms with Gasteiger partial charge in [0, 0.05) is 18.8 Å². The number of sulfonamides is 1. The van der Waals surface area contributed by atoms with Crippen LogP contribution in [-0.4, -0.2) is 52.0 Å². The van der Waals surface area contributed by atoms with Crippen LogP contribution in [0.15, 0.2) is 47.4 Å². The van der Waals surface area contributed by atoms with Crippen molar-refractivity contribution in [3.8, 4) is 5.75 Å². The molecule has 1 N–H and O–H groups in total. The standard InChI is InChI=1S/C19H22N2O5S/c1-14-5-3-4-6-17(14)20-19(22)16-13-15(7-8-18(16)25-2)27(23,24)21-9-11-26-12-10-21/h3-8,13H,9-12H2,1-2H3,(H,20,22). The highest BCUT2D eigenvalue weighted by Crippen LogP contribution is 2.26. The van der Waals surface area contributed by atoms with Crippen LogP contribution in [0, 0.1) is 6.92 Å². The maximum absolute atomic E-state index is 12.9. The number of amides is 1. The fraction of sp³-hybridized carbons (Fsp3) is 0.316. The Balaban J connectivity index is 1.94. The second kappa shape index (κ2) is 8.08. The molecule has 2 aromatic carbocycles. The van der Waals surface area contributed by atoms with Crippen LogP contribution in [0.1, 0.15) is 15.9 Å². The van der Waals surface area contributed by atoms with E-state index in [9.17, 15) is 13.2 Å². The topological polar surface area (TPSA) is 84.9 Å². The van der Waals surface area contributed by atoms with Crippen molar-refractivity contribution in [3.63, 3.8) is 0 Å². The van der Waals surface area contributed by atoms with Gasteiger partial charge in [-0.2, -0.15) is 4.31 Å². The number of ether oxygens (including phenoxy) is 2. The van der Waals surface area contributed by atoms with Gasteiger partial charge in [0.25, 0.3) is 5.91 Å². The molecule has 0 aliphatic carbocycles. The van der Waals surface area contributed by atoms with Crippen LogP contribution in [-0.2, 0) is 14.8 Å². The average Bonchev–Trinajstić information content (AvgIpc) is 2.69. The first-order valence-corrected chi connectivity index (χ1v) is 10.0. The number of hydrogen-bond donors (Lipinski definition) is 1. The van der Waals surface area contributed by atoms with Gasteiger partial charge in [0.15, 0.2) is 0 Å². The lowest BCUT2D eigenvalue weighted by Crippen LogP contribution is -2.40. The van der Waals surface area contributed by atoms with Gasteiger partial charge >= 0.3 is 0 Å². The first-order valence-electron chi connectivity index (χ1n) is 8.56. The number of carbonyl (C=O) groups excluding carboxylic acids is 1. The van der Waals surface area contributed by atoms with Crippen LogP contribution in [0.2, 0.25) is 0 Å². The Morgan fingerprint density at radius 3 is 2.52 bits per heavy atom. The highest BCUT2D eigenvalue weighted by Gasteiger charge is 2.28. The second-order valence-corrected chi connectivity index (χ2v) is 8.09. The van der Waals surface area contributed by atoms with E-state index in [-0.39, 0.29) is 10.5 Å². The van der Waals surface area contributed by atoms with Crippen LogP contribution < -0.4 is 10.1 Å². The van der Waals surface area contributed by atoms with Crippen LogP contribution in [0.5, 0.6) is 5.75 Å². The van der Waals surface area contributed by atoms with Crippen molar-refractivity contribution in [2.45, 2.75) is 11.8 Å². The Morgan fingerprint density at radius 1 is 1.15 bits per heavy atom. The van der Waals surface area contributed by atoms with Gasteiger partial charge in [-0.15, -0.1) is 0 Å². The Kier molecular flexibility index (Phi) is 5.79. The minimum absolute atomic E-state index is 0.0557. The molecule has 1 aliphatic rings. The van der Waals surface area contributed by atoms with E-state index in [2.05, 4.69) is 5.32 Å². The molecule has 0 aromatic heterocycles. The van der Waals surface area contributed by atoms with Crippen molar-refractivity contribution in [3.05, 3.63) is 53.6 Å². The number of morpholine rings is 1. The van der Waals surface area contributed by atoms with Crippen molar-refractivity contribution in [1.29, 1.82) is 0 Å². The quantitative estimate of drug-likeness (QED) is 0.847. The second-order valence-electron chi connectivity index (χ2n) is 6.15. The fourth-order valence-electron chi connectivity index (χ4n) is 2.86. The molecule has 0 radical (unpaired) electrons. The van der Waals surface area contributed by atoms with Crippen molar-refractivity contribution >= 4 is 21.6 Å². The summed E-state index contributed by atoms with van der Waals surface area (Å²) in [7, 11) is -2.27. The minimum Gasteiger partial charge on any atom is -0.496 e. The van der Waals surface area contributed by atoms with Gasteiger partial charge in [0.2, 0.25) is 10.0 Å². The number of para-hydroxylation sites is 1. The van der Waals surface area contributed by atoms with Crippen LogP contribution in [0.3, 0.4) is 0 Å². The molecule has 1 saturated heterocycles. The van der Waals surface area contributed by atoms with E-state index in [0.29, 0.717) is 37.7 Å². The van der Waals surface area contributed by atoms with Gasteiger partial charge in [0.1, 0.15) is 5.75 Å². The van der Waals surface area contributed by atoms with Crippen molar-refractivity contribution < 1.29 is 22.7 Å². The van der Waals surface area contributed by atoms with Gasteiger partial charge < -0.3 is 14.8 Å².